The number of rotatable bonds is 6. The number of thiazole rings is 1. The van der Waals surface area contributed by atoms with Crippen molar-refractivity contribution in [2.75, 3.05) is 26.6 Å². The predicted molar refractivity (Wildman–Crippen MR) is 102 cm³/mol. The highest BCUT2D eigenvalue weighted by molar-refractivity contribution is 7.22. The van der Waals surface area contributed by atoms with Gasteiger partial charge >= 0.3 is 6.01 Å². The van der Waals surface area contributed by atoms with Crippen LogP contribution in [0.2, 0.25) is 0 Å². The smallest absolute Gasteiger partial charge is 0.322 e. The van der Waals surface area contributed by atoms with E-state index in [1.807, 2.05) is 18.2 Å². The van der Waals surface area contributed by atoms with Gasteiger partial charge in [0.15, 0.2) is 5.13 Å². The Morgan fingerprint density at radius 2 is 1.70 bits per heavy atom. The fourth-order valence-corrected chi connectivity index (χ4v) is 3.37. The van der Waals surface area contributed by atoms with Crippen molar-refractivity contribution < 1.29 is 18.6 Å². The first kappa shape index (κ1) is 17.1. The van der Waals surface area contributed by atoms with Crippen LogP contribution in [0.1, 0.15) is 0 Å². The molecule has 2 aromatic carbocycles. The average Bonchev–Trinajstić information content (AvgIpc) is 3.33. The van der Waals surface area contributed by atoms with E-state index >= 15 is 0 Å². The van der Waals surface area contributed by atoms with Gasteiger partial charge in [0.2, 0.25) is 0 Å². The lowest BCUT2D eigenvalue weighted by Gasteiger charge is -2.07. The van der Waals surface area contributed by atoms with Gasteiger partial charge in [-0.3, -0.25) is 5.32 Å². The van der Waals surface area contributed by atoms with Crippen molar-refractivity contribution in [3.63, 3.8) is 0 Å². The molecule has 0 unspecified atom stereocenters. The summed E-state index contributed by atoms with van der Waals surface area (Å²) >= 11 is 1.48. The summed E-state index contributed by atoms with van der Waals surface area (Å²) in [5.74, 6) is 2.35. The van der Waals surface area contributed by atoms with Crippen LogP contribution in [-0.4, -0.2) is 36.5 Å². The van der Waals surface area contributed by atoms with Crippen molar-refractivity contribution in [3.8, 4) is 28.7 Å². The SMILES string of the molecule is COc1ccc(-c2nnc(Nc3nc4cc(OC)ccc4s3)o2)c(OC)c1. The molecule has 0 amide bonds. The molecule has 0 aliphatic carbocycles. The highest BCUT2D eigenvalue weighted by atomic mass is 32.1. The maximum absolute atomic E-state index is 5.72. The zero-order chi connectivity index (χ0) is 18.8. The first-order chi connectivity index (χ1) is 13.2. The van der Waals surface area contributed by atoms with E-state index in [-0.39, 0.29) is 6.01 Å². The molecule has 2 heterocycles. The molecule has 0 aliphatic rings. The number of hydrogen-bond acceptors (Lipinski definition) is 9. The van der Waals surface area contributed by atoms with E-state index in [2.05, 4.69) is 20.5 Å². The third-order valence-corrected chi connectivity index (χ3v) is 4.82. The maximum atomic E-state index is 5.72. The fraction of sp³-hybridized carbons (Fsp3) is 0.167. The molecule has 0 saturated carbocycles. The van der Waals surface area contributed by atoms with Crippen molar-refractivity contribution >= 4 is 32.7 Å². The molecule has 138 valence electrons. The van der Waals surface area contributed by atoms with Gasteiger partial charge < -0.3 is 18.6 Å². The summed E-state index contributed by atoms with van der Waals surface area (Å²) in [6.07, 6.45) is 0. The van der Waals surface area contributed by atoms with Gasteiger partial charge in [-0.25, -0.2) is 4.98 Å². The Bertz CT molecular complexity index is 1090. The molecule has 0 bridgehead atoms. The quantitative estimate of drug-likeness (QED) is 0.531. The molecule has 4 rings (SSSR count). The Morgan fingerprint density at radius 3 is 2.48 bits per heavy atom. The van der Waals surface area contributed by atoms with Crippen LogP contribution in [0.3, 0.4) is 0 Å². The minimum Gasteiger partial charge on any atom is -0.497 e. The summed E-state index contributed by atoms with van der Waals surface area (Å²) in [7, 11) is 4.79. The monoisotopic (exact) mass is 384 g/mol. The van der Waals surface area contributed by atoms with Crippen LogP contribution in [0.15, 0.2) is 40.8 Å². The second kappa shape index (κ2) is 7.12. The number of nitrogens with one attached hydrogen (secondary N) is 1. The van der Waals surface area contributed by atoms with E-state index in [0.717, 1.165) is 16.0 Å². The van der Waals surface area contributed by atoms with Gasteiger partial charge in [0.25, 0.3) is 5.89 Å². The Balaban J connectivity index is 1.60. The van der Waals surface area contributed by atoms with Crippen LogP contribution in [-0.2, 0) is 0 Å². The Kier molecular flexibility index (Phi) is 4.51. The van der Waals surface area contributed by atoms with Crippen LogP contribution in [0, 0.1) is 0 Å². The first-order valence-corrected chi connectivity index (χ1v) is 8.79. The molecule has 0 fully saturated rings. The number of fused-ring (bicyclic) bond motifs is 1. The molecule has 0 aliphatic heterocycles. The number of nitrogens with zero attached hydrogens (tertiary/aromatic N) is 3. The first-order valence-electron chi connectivity index (χ1n) is 7.97. The van der Waals surface area contributed by atoms with Crippen LogP contribution in [0.5, 0.6) is 17.2 Å². The largest absolute Gasteiger partial charge is 0.497 e. The Labute approximate surface area is 158 Å². The van der Waals surface area contributed by atoms with Gasteiger partial charge in [0.1, 0.15) is 17.2 Å². The molecule has 1 N–H and O–H groups in total. The van der Waals surface area contributed by atoms with E-state index in [4.69, 9.17) is 18.6 Å². The van der Waals surface area contributed by atoms with Gasteiger partial charge in [-0.2, -0.15) is 0 Å². The highest BCUT2D eigenvalue weighted by Gasteiger charge is 2.15. The minimum absolute atomic E-state index is 0.244. The van der Waals surface area contributed by atoms with E-state index in [1.54, 1.807) is 39.5 Å². The summed E-state index contributed by atoms with van der Waals surface area (Å²) in [5, 5.41) is 11.8. The number of hydrogen-bond donors (Lipinski definition) is 1. The molecular formula is C18H16N4O4S. The van der Waals surface area contributed by atoms with Crippen LogP contribution in [0.4, 0.5) is 11.1 Å². The van der Waals surface area contributed by atoms with Crippen LogP contribution >= 0.6 is 11.3 Å². The second-order valence-corrected chi connectivity index (χ2v) is 6.49. The van der Waals surface area contributed by atoms with Gasteiger partial charge in [0.05, 0.1) is 37.1 Å². The van der Waals surface area contributed by atoms with E-state index in [1.165, 1.54) is 11.3 Å². The summed E-state index contributed by atoms with van der Waals surface area (Å²) in [6.45, 7) is 0. The van der Waals surface area contributed by atoms with Crippen LogP contribution in [0.25, 0.3) is 21.7 Å². The zero-order valence-electron chi connectivity index (χ0n) is 14.8. The lowest BCUT2D eigenvalue weighted by molar-refractivity contribution is 0.394. The number of anilines is 2. The molecular weight excluding hydrogens is 368 g/mol. The number of ether oxygens (including phenoxy) is 3. The van der Waals surface area contributed by atoms with Crippen molar-refractivity contribution in [1.29, 1.82) is 0 Å². The summed E-state index contributed by atoms with van der Waals surface area (Å²) in [5.41, 5.74) is 1.51. The average molecular weight is 384 g/mol. The maximum Gasteiger partial charge on any atom is 0.322 e. The molecule has 27 heavy (non-hydrogen) atoms. The third-order valence-electron chi connectivity index (χ3n) is 3.87. The standard InChI is InChI=1S/C18H16N4O4S/c1-23-10-5-7-15-13(8-10)19-18(27-15)20-17-22-21-16(26-17)12-6-4-11(24-2)9-14(12)25-3/h4-9H,1-3H3,(H,19,20,22). The van der Waals surface area contributed by atoms with Crippen molar-refractivity contribution in [1.82, 2.24) is 15.2 Å². The summed E-state index contributed by atoms with van der Waals surface area (Å²) in [6, 6.07) is 11.3. The molecule has 8 nitrogen and oxygen atoms in total. The van der Waals surface area contributed by atoms with Crippen molar-refractivity contribution in [3.05, 3.63) is 36.4 Å². The number of methoxy groups -OCH3 is 3. The lowest BCUT2D eigenvalue weighted by atomic mass is 10.2. The Hall–Kier alpha value is -3.33. The van der Waals surface area contributed by atoms with Gasteiger partial charge in [-0.1, -0.05) is 16.4 Å². The minimum atomic E-state index is 0.244. The van der Waals surface area contributed by atoms with E-state index < -0.39 is 0 Å². The molecule has 9 heteroatoms. The summed E-state index contributed by atoms with van der Waals surface area (Å²) in [4.78, 5) is 4.51. The van der Waals surface area contributed by atoms with Crippen molar-refractivity contribution in [2.45, 2.75) is 0 Å². The van der Waals surface area contributed by atoms with E-state index in [9.17, 15) is 0 Å². The highest BCUT2D eigenvalue weighted by Crippen LogP contribution is 2.34. The fourth-order valence-electron chi connectivity index (χ4n) is 2.54. The molecule has 2 aromatic heterocycles. The molecule has 0 saturated heterocycles. The topological polar surface area (TPSA) is 91.5 Å². The number of aromatic nitrogens is 3. The zero-order valence-corrected chi connectivity index (χ0v) is 15.7. The molecule has 0 spiro atoms. The third kappa shape index (κ3) is 3.36. The van der Waals surface area contributed by atoms with Crippen LogP contribution < -0.4 is 19.5 Å². The summed E-state index contributed by atoms with van der Waals surface area (Å²) < 4.78 is 22.5. The van der Waals surface area contributed by atoms with Gasteiger partial charge in [-0.15, -0.1) is 5.10 Å². The second-order valence-electron chi connectivity index (χ2n) is 5.46. The van der Waals surface area contributed by atoms with Gasteiger partial charge in [0, 0.05) is 12.1 Å². The van der Waals surface area contributed by atoms with Crippen molar-refractivity contribution in [2.24, 2.45) is 0 Å². The normalized spacial score (nSPS) is 10.8. The molecule has 0 atom stereocenters. The Morgan fingerprint density at radius 1 is 0.926 bits per heavy atom. The number of benzene rings is 2. The van der Waals surface area contributed by atoms with Gasteiger partial charge in [-0.05, 0) is 24.3 Å². The lowest BCUT2D eigenvalue weighted by Crippen LogP contribution is -1.90. The molecule has 4 aromatic rings. The molecule has 0 radical (unpaired) electrons. The predicted octanol–water partition coefficient (Wildman–Crippen LogP) is 4.12. The van der Waals surface area contributed by atoms with E-state index in [0.29, 0.717) is 28.1 Å².